The van der Waals surface area contributed by atoms with Crippen molar-refractivity contribution in [3.8, 4) is 11.1 Å². The number of carbonyl (C=O) groups is 2. The van der Waals surface area contributed by atoms with Gasteiger partial charge in [0, 0.05) is 12.5 Å². The number of hydrogen-bond acceptors (Lipinski definition) is 4. The molecule has 6 rings (SSSR count). The maximum atomic E-state index is 13.5. The van der Waals surface area contributed by atoms with E-state index in [-0.39, 0.29) is 37.6 Å². The zero-order valence-corrected chi connectivity index (χ0v) is 23.6. The van der Waals surface area contributed by atoms with Crippen molar-refractivity contribution in [2.24, 2.45) is 5.92 Å². The number of benzene rings is 4. The molecule has 6 nitrogen and oxygen atoms in total. The lowest BCUT2D eigenvalue weighted by Gasteiger charge is -2.28. The van der Waals surface area contributed by atoms with Crippen molar-refractivity contribution in [1.29, 1.82) is 0 Å². The molecule has 0 aliphatic heterocycles. The highest BCUT2D eigenvalue weighted by Crippen LogP contribution is 2.44. The summed E-state index contributed by atoms with van der Waals surface area (Å²) in [6.07, 6.45) is 2.39. The first kappa shape index (κ1) is 27.7. The summed E-state index contributed by atoms with van der Waals surface area (Å²) in [6.45, 7) is 0.909. The molecule has 6 heteroatoms. The lowest BCUT2D eigenvalue weighted by Crippen LogP contribution is -2.43. The molecule has 0 bridgehead atoms. The van der Waals surface area contributed by atoms with Crippen LogP contribution >= 0.6 is 0 Å². The van der Waals surface area contributed by atoms with E-state index in [0.29, 0.717) is 6.61 Å². The second-order valence-electron chi connectivity index (χ2n) is 11.1. The van der Waals surface area contributed by atoms with E-state index in [1.54, 1.807) is 0 Å². The van der Waals surface area contributed by atoms with Gasteiger partial charge in [0.25, 0.3) is 0 Å². The number of fused-ring (bicyclic) bond motifs is 4. The predicted octanol–water partition coefficient (Wildman–Crippen LogP) is 6.55. The minimum absolute atomic E-state index is 0.0252. The van der Waals surface area contributed by atoms with E-state index in [0.717, 1.165) is 36.0 Å². The number of ether oxygens (including phenoxy) is 2. The van der Waals surface area contributed by atoms with Gasteiger partial charge in [-0.15, -0.1) is 0 Å². The van der Waals surface area contributed by atoms with Gasteiger partial charge in [-0.1, -0.05) is 103 Å². The molecule has 0 radical (unpaired) electrons. The highest BCUT2D eigenvalue weighted by atomic mass is 16.5. The van der Waals surface area contributed by atoms with Gasteiger partial charge in [-0.2, -0.15) is 0 Å². The Hall–Kier alpha value is -4.42. The number of alkyl carbamates (subject to hydrolysis) is 1. The van der Waals surface area contributed by atoms with Gasteiger partial charge in [0.1, 0.15) is 6.61 Å². The number of aryl methyl sites for hydroxylation is 1. The van der Waals surface area contributed by atoms with Crippen LogP contribution in [0.2, 0.25) is 0 Å². The Morgan fingerprint density at radius 2 is 1.43 bits per heavy atom. The molecule has 2 aliphatic carbocycles. The molecule has 0 spiro atoms. The normalized spacial score (nSPS) is 16.0. The Labute approximate surface area is 247 Å². The van der Waals surface area contributed by atoms with E-state index >= 15 is 0 Å². The van der Waals surface area contributed by atoms with Crippen molar-refractivity contribution in [1.82, 2.24) is 10.6 Å². The van der Waals surface area contributed by atoms with Gasteiger partial charge in [0.05, 0.1) is 25.2 Å². The standard InChI is InChI=1S/C36H36N2O4/c39-35(38-34-20-10-14-26-13-4-5-15-28(26)34)27(23-41-22-25-11-2-1-3-12-25)21-37-36(40)42-24-33-31-18-8-6-16-29(31)30-17-7-9-19-32(30)33/h1-9,11-13,15-19,27,33-34H,10,14,20-24H2,(H,37,40)(H,38,39). The third-order valence-electron chi connectivity index (χ3n) is 8.32. The zero-order chi connectivity index (χ0) is 28.7. The number of rotatable bonds is 10. The summed E-state index contributed by atoms with van der Waals surface area (Å²) < 4.78 is 11.7. The minimum atomic E-state index is -0.566. The molecule has 2 amide bonds. The molecule has 4 aromatic rings. The van der Waals surface area contributed by atoms with Gasteiger partial charge in [0.15, 0.2) is 0 Å². The molecule has 0 aromatic heterocycles. The van der Waals surface area contributed by atoms with Crippen molar-refractivity contribution in [2.45, 2.75) is 37.8 Å². The molecule has 2 aliphatic rings. The van der Waals surface area contributed by atoms with Crippen LogP contribution in [0, 0.1) is 5.92 Å². The molecule has 4 aromatic carbocycles. The Bertz CT molecular complexity index is 1490. The second kappa shape index (κ2) is 13.0. The number of amides is 2. The minimum Gasteiger partial charge on any atom is -0.449 e. The van der Waals surface area contributed by atoms with Gasteiger partial charge in [0.2, 0.25) is 5.91 Å². The molecule has 2 unspecified atom stereocenters. The number of carbonyl (C=O) groups excluding carboxylic acids is 2. The molecule has 0 fully saturated rings. The maximum Gasteiger partial charge on any atom is 0.407 e. The molecule has 2 atom stereocenters. The maximum absolute atomic E-state index is 13.5. The topological polar surface area (TPSA) is 76.7 Å². The van der Waals surface area contributed by atoms with E-state index in [9.17, 15) is 9.59 Å². The summed E-state index contributed by atoms with van der Waals surface area (Å²) >= 11 is 0. The molecule has 214 valence electrons. The summed E-state index contributed by atoms with van der Waals surface area (Å²) in [6, 6.07) is 34.6. The Morgan fingerprint density at radius 1 is 0.786 bits per heavy atom. The van der Waals surface area contributed by atoms with Crippen molar-refractivity contribution in [3.63, 3.8) is 0 Å². The number of hydrogen-bond donors (Lipinski definition) is 2. The smallest absolute Gasteiger partial charge is 0.407 e. The second-order valence-corrected chi connectivity index (χ2v) is 11.1. The van der Waals surface area contributed by atoms with Crippen molar-refractivity contribution >= 4 is 12.0 Å². The van der Waals surface area contributed by atoms with E-state index in [1.165, 1.54) is 22.3 Å². The van der Waals surface area contributed by atoms with Crippen LogP contribution in [-0.4, -0.2) is 31.8 Å². The largest absolute Gasteiger partial charge is 0.449 e. The highest BCUT2D eigenvalue weighted by molar-refractivity contribution is 5.81. The molecule has 0 saturated heterocycles. The fraction of sp³-hybridized carbons (Fsp3) is 0.278. The Balaban J connectivity index is 1.08. The third kappa shape index (κ3) is 6.24. The van der Waals surface area contributed by atoms with Crippen LogP contribution in [0.3, 0.4) is 0 Å². The molecule has 0 saturated carbocycles. The van der Waals surface area contributed by atoms with E-state index in [1.807, 2.05) is 66.7 Å². The Morgan fingerprint density at radius 3 is 2.17 bits per heavy atom. The van der Waals surface area contributed by atoms with Gasteiger partial charge < -0.3 is 20.1 Å². The van der Waals surface area contributed by atoms with Crippen LogP contribution in [0.25, 0.3) is 11.1 Å². The van der Waals surface area contributed by atoms with Crippen LogP contribution in [0.1, 0.15) is 52.6 Å². The monoisotopic (exact) mass is 560 g/mol. The summed E-state index contributed by atoms with van der Waals surface area (Å²) in [4.78, 5) is 26.4. The van der Waals surface area contributed by atoms with Crippen LogP contribution in [0.15, 0.2) is 103 Å². The third-order valence-corrected chi connectivity index (χ3v) is 8.32. The molecule has 0 heterocycles. The summed E-state index contributed by atoms with van der Waals surface area (Å²) in [5.74, 6) is -0.727. The lowest BCUT2D eigenvalue weighted by molar-refractivity contribution is -0.127. The molecule has 2 N–H and O–H groups in total. The molecule has 42 heavy (non-hydrogen) atoms. The van der Waals surface area contributed by atoms with Crippen LogP contribution in [0.5, 0.6) is 0 Å². The average molecular weight is 561 g/mol. The van der Waals surface area contributed by atoms with Crippen LogP contribution < -0.4 is 10.6 Å². The summed E-state index contributed by atoms with van der Waals surface area (Å²) in [5.41, 5.74) is 8.16. The van der Waals surface area contributed by atoms with Crippen LogP contribution in [-0.2, 0) is 27.3 Å². The molecular formula is C36H36N2O4. The van der Waals surface area contributed by atoms with Gasteiger partial charge in [-0.25, -0.2) is 4.79 Å². The number of nitrogens with one attached hydrogen (secondary N) is 2. The fourth-order valence-corrected chi connectivity index (χ4v) is 6.17. The first-order chi connectivity index (χ1) is 20.7. The SMILES string of the molecule is O=C(NCC(COCc1ccccc1)C(=O)NC1CCCc2ccccc21)OCC1c2ccccc2-c2ccccc21. The van der Waals surface area contributed by atoms with Crippen molar-refractivity contribution in [2.75, 3.05) is 19.8 Å². The highest BCUT2D eigenvalue weighted by Gasteiger charge is 2.30. The van der Waals surface area contributed by atoms with E-state index in [4.69, 9.17) is 9.47 Å². The molecular weight excluding hydrogens is 524 g/mol. The van der Waals surface area contributed by atoms with Gasteiger partial charge >= 0.3 is 6.09 Å². The zero-order valence-electron chi connectivity index (χ0n) is 23.6. The van der Waals surface area contributed by atoms with Crippen molar-refractivity contribution in [3.05, 3.63) is 131 Å². The predicted molar refractivity (Wildman–Crippen MR) is 163 cm³/mol. The Kier molecular flexibility index (Phi) is 8.61. The summed E-state index contributed by atoms with van der Waals surface area (Å²) in [5, 5.41) is 6.07. The lowest BCUT2D eigenvalue weighted by atomic mass is 9.87. The van der Waals surface area contributed by atoms with Crippen LogP contribution in [0.4, 0.5) is 4.79 Å². The summed E-state index contributed by atoms with van der Waals surface area (Å²) in [7, 11) is 0. The van der Waals surface area contributed by atoms with Gasteiger partial charge in [-0.05, 0) is 58.2 Å². The van der Waals surface area contributed by atoms with E-state index < -0.39 is 12.0 Å². The van der Waals surface area contributed by atoms with E-state index in [2.05, 4.69) is 47.0 Å². The average Bonchev–Trinajstić information content (AvgIpc) is 3.36. The first-order valence-corrected chi connectivity index (χ1v) is 14.8. The van der Waals surface area contributed by atoms with Crippen molar-refractivity contribution < 1.29 is 19.1 Å². The fourth-order valence-electron chi connectivity index (χ4n) is 6.17. The van der Waals surface area contributed by atoms with Gasteiger partial charge in [-0.3, -0.25) is 4.79 Å². The quantitative estimate of drug-likeness (QED) is 0.231. The first-order valence-electron chi connectivity index (χ1n) is 14.8.